The van der Waals surface area contributed by atoms with Gasteiger partial charge in [0, 0.05) is 29.5 Å². The molecule has 2 aromatic rings. The highest BCUT2D eigenvalue weighted by Crippen LogP contribution is 2.35. The molecule has 0 bridgehead atoms. The second kappa shape index (κ2) is 8.12. The molecule has 1 saturated heterocycles. The number of hydrogen-bond acceptors (Lipinski definition) is 3. The Hall–Kier alpha value is -2.35. The highest BCUT2D eigenvalue weighted by molar-refractivity contribution is 7.08. The van der Waals surface area contributed by atoms with Crippen molar-refractivity contribution in [3.8, 4) is 0 Å². The number of amides is 2. The third-order valence-corrected chi connectivity index (χ3v) is 5.26. The number of halogens is 3. The molecule has 8 heteroatoms. The average Bonchev–Trinajstić information content (AvgIpc) is 3.17. The van der Waals surface area contributed by atoms with Crippen molar-refractivity contribution in [3.05, 3.63) is 52.2 Å². The predicted octanol–water partition coefficient (Wildman–Crippen LogP) is 4.43. The average molecular weight is 396 g/mol. The normalized spacial score (nSPS) is 14.9. The summed E-state index contributed by atoms with van der Waals surface area (Å²) in [5, 5.41) is 2.11. The van der Waals surface area contributed by atoms with E-state index in [-0.39, 0.29) is 12.5 Å². The molecular formula is C19H19F3N2O2S. The first kappa shape index (κ1) is 19.4. The number of benzene rings is 1. The van der Waals surface area contributed by atoms with Gasteiger partial charge in [-0.25, -0.2) is 0 Å². The smallest absolute Gasteiger partial charge is 0.341 e. The van der Waals surface area contributed by atoms with Crippen molar-refractivity contribution in [1.29, 1.82) is 0 Å². The van der Waals surface area contributed by atoms with Gasteiger partial charge in [-0.15, -0.1) is 0 Å². The van der Waals surface area contributed by atoms with E-state index in [1.807, 2.05) is 0 Å². The van der Waals surface area contributed by atoms with Crippen LogP contribution in [0.15, 0.2) is 41.1 Å². The zero-order chi connectivity index (χ0) is 19.4. The first-order valence-electron chi connectivity index (χ1n) is 8.66. The lowest BCUT2D eigenvalue weighted by Gasteiger charge is -2.30. The number of likely N-dealkylation sites (tertiary alicyclic amines) is 1. The van der Waals surface area contributed by atoms with Crippen LogP contribution in [0.25, 0.3) is 0 Å². The number of alkyl halides is 3. The standard InChI is InChI=1S/C19H19F3N2O2S/c20-19(21,22)16-13-27-12-15(16)18(26)24(14-7-3-1-4-8-14)11-17(25)23-9-5-2-6-10-23/h1,3-4,7-8,12-13H,2,5-6,9-11H2. The van der Waals surface area contributed by atoms with Gasteiger partial charge < -0.3 is 4.90 Å². The quantitative estimate of drug-likeness (QED) is 0.767. The van der Waals surface area contributed by atoms with Crippen LogP contribution in [0.4, 0.5) is 18.9 Å². The Labute approximate surface area is 159 Å². The molecule has 144 valence electrons. The minimum atomic E-state index is -4.62. The van der Waals surface area contributed by atoms with E-state index in [1.165, 1.54) is 5.38 Å². The van der Waals surface area contributed by atoms with Crippen LogP contribution in [-0.2, 0) is 11.0 Å². The molecule has 3 rings (SSSR count). The molecule has 2 amide bonds. The number of rotatable bonds is 4. The first-order valence-corrected chi connectivity index (χ1v) is 9.60. The molecule has 1 aliphatic heterocycles. The maximum Gasteiger partial charge on any atom is 0.417 e. The van der Waals surface area contributed by atoms with Gasteiger partial charge in [0.05, 0.1) is 11.1 Å². The molecule has 1 fully saturated rings. The lowest BCUT2D eigenvalue weighted by molar-refractivity contribution is -0.137. The summed E-state index contributed by atoms with van der Waals surface area (Å²) in [5.74, 6) is -1.07. The maximum absolute atomic E-state index is 13.2. The van der Waals surface area contributed by atoms with Crippen molar-refractivity contribution < 1.29 is 22.8 Å². The largest absolute Gasteiger partial charge is 0.417 e. The molecule has 0 N–H and O–H groups in total. The summed E-state index contributed by atoms with van der Waals surface area (Å²) in [6.45, 7) is 0.944. The Morgan fingerprint density at radius 3 is 2.33 bits per heavy atom. The summed E-state index contributed by atoms with van der Waals surface area (Å²) < 4.78 is 39.7. The van der Waals surface area contributed by atoms with Crippen LogP contribution in [-0.4, -0.2) is 36.3 Å². The monoisotopic (exact) mass is 396 g/mol. The van der Waals surface area contributed by atoms with Crippen LogP contribution in [0.3, 0.4) is 0 Å². The third kappa shape index (κ3) is 4.50. The Balaban J connectivity index is 1.90. The fraction of sp³-hybridized carbons (Fsp3) is 0.368. The number of carbonyl (C=O) groups is 2. The van der Waals surface area contributed by atoms with E-state index in [0.717, 1.165) is 40.9 Å². The van der Waals surface area contributed by atoms with Gasteiger partial charge in [-0.05, 0) is 31.4 Å². The van der Waals surface area contributed by atoms with Crippen LogP contribution in [0, 0.1) is 0 Å². The molecule has 27 heavy (non-hydrogen) atoms. The summed E-state index contributed by atoms with van der Waals surface area (Å²) in [6.07, 6.45) is -1.78. The van der Waals surface area contributed by atoms with Crippen molar-refractivity contribution in [3.63, 3.8) is 0 Å². The van der Waals surface area contributed by atoms with Crippen LogP contribution in [0.2, 0.25) is 0 Å². The molecule has 1 aromatic carbocycles. The minimum absolute atomic E-state index is 0.254. The van der Waals surface area contributed by atoms with Crippen molar-refractivity contribution in [2.45, 2.75) is 25.4 Å². The lowest BCUT2D eigenvalue weighted by Crippen LogP contribution is -2.45. The predicted molar refractivity (Wildman–Crippen MR) is 97.9 cm³/mol. The number of piperidine rings is 1. The van der Waals surface area contributed by atoms with Gasteiger partial charge >= 0.3 is 6.18 Å². The van der Waals surface area contributed by atoms with E-state index >= 15 is 0 Å². The Morgan fingerprint density at radius 2 is 1.70 bits per heavy atom. The summed E-state index contributed by atoms with van der Waals surface area (Å²) in [4.78, 5) is 28.4. The molecule has 0 radical (unpaired) electrons. The number of thiophene rings is 1. The summed E-state index contributed by atoms with van der Waals surface area (Å²) >= 11 is 0.818. The molecule has 2 heterocycles. The Kier molecular flexibility index (Phi) is 5.84. The van der Waals surface area contributed by atoms with Crippen molar-refractivity contribution in [1.82, 2.24) is 4.90 Å². The third-order valence-electron chi connectivity index (χ3n) is 4.51. The van der Waals surface area contributed by atoms with E-state index in [4.69, 9.17) is 0 Å². The Morgan fingerprint density at radius 1 is 1.04 bits per heavy atom. The first-order chi connectivity index (χ1) is 12.9. The molecule has 0 atom stereocenters. The van der Waals surface area contributed by atoms with E-state index in [0.29, 0.717) is 18.8 Å². The van der Waals surface area contributed by atoms with Gasteiger partial charge in [-0.3, -0.25) is 14.5 Å². The van der Waals surface area contributed by atoms with Gasteiger partial charge in [-0.2, -0.15) is 24.5 Å². The zero-order valence-electron chi connectivity index (χ0n) is 14.5. The lowest BCUT2D eigenvalue weighted by atomic mass is 10.1. The highest BCUT2D eigenvalue weighted by atomic mass is 32.1. The SMILES string of the molecule is O=C(CN(C(=O)c1cscc1C(F)(F)F)c1ccccc1)N1CCCCC1. The van der Waals surface area contributed by atoms with E-state index in [2.05, 4.69) is 0 Å². The highest BCUT2D eigenvalue weighted by Gasteiger charge is 2.37. The molecule has 1 aromatic heterocycles. The second-order valence-corrected chi connectivity index (χ2v) is 7.11. The summed E-state index contributed by atoms with van der Waals surface area (Å²) in [7, 11) is 0. The molecular weight excluding hydrogens is 377 g/mol. The molecule has 0 unspecified atom stereocenters. The van der Waals surface area contributed by atoms with Crippen LogP contribution in [0.1, 0.15) is 35.2 Å². The van der Waals surface area contributed by atoms with Gasteiger partial charge in [0.2, 0.25) is 5.91 Å². The minimum Gasteiger partial charge on any atom is -0.341 e. The molecule has 0 spiro atoms. The fourth-order valence-electron chi connectivity index (χ4n) is 3.09. The van der Waals surface area contributed by atoms with Crippen LogP contribution >= 0.6 is 11.3 Å². The van der Waals surface area contributed by atoms with E-state index in [1.54, 1.807) is 35.2 Å². The van der Waals surface area contributed by atoms with Crippen molar-refractivity contribution >= 4 is 28.8 Å². The molecule has 0 aliphatic carbocycles. The zero-order valence-corrected chi connectivity index (χ0v) is 15.4. The number of carbonyl (C=O) groups excluding carboxylic acids is 2. The fourth-order valence-corrected chi connectivity index (χ4v) is 3.92. The van der Waals surface area contributed by atoms with Gasteiger partial charge in [0.1, 0.15) is 6.54 Å². The molecule has 4 nitrogen and oxygen atoms in total. The molecule has 1 aliphatic rings. The van der Waals surface area contributed by atoms with Crippen molar-refractivity contribution in [2.24, 2.45) is 0 Å². The number of para-hydroxylation sites is 1. The van der Waals surface area contributed by atoms with Crippen molar-refractivity contribution in [2.75, 3.05) is 24.5 Å². The van der Waals surface area contributed by atoms with E-state index < -0.39 is 23.2 Å². The molecule has 0 saturated carbocycles. The second-order valence-electron chi connectivity index (χ2n) is 6.37. The number of nitrogens with zero attached hydrogens (tertiary/aromatic N) is 2. The van der Waals surface area contributed by atoms with Crippen LogP contribution < -0.4 is 4.90 Å². The van der Waals surface area contributed by atoms with Gasteiger partial charge in [0.15, 0.2) is 0 Å². The summed E-state index contributed by atoms with van der Waals surface area (Å²) in [6, 6.07) is 8.32. The topological polar surface area (TPSA) is 40.6 Å². The summed E-state index contributed by atoms with van der Waals surface area (Å²) in [5.41, 5.74) is -1.00. The Bertz CT molecular complexity index is 799. The van der Waals surface area contributed by atoms with Crippen LogP contribution in [0.5, 0.6) is 0 Å². The maximum atomic E-state index is 13.2. The van der Waals surface area contributed by atoms with E-state index in [9.17, 15) is 22.8 Å². The van der Waals surface area contributed by atoms with Gasteiger partial charge in [-0.1, -0.05) is 18.2 Å². The number of anilines is 1. The number of hydrogen-bond donors (Lipinski definition) is 0. The van der Waals surface area contributed by atoms with Gasteiger partial charge in [0.25, 0.3) is 5.91 Å².